The second kappa shape index (κ2) is 8.67. The maximum absolute atomic E-state index is 13.4. The zero-order valence-corrected chi connectivity index (χ0v) is 15.9. The summed E-state index contributed by atoms with van der Waals surface area (Å²) in [5, 5.41) is 21.2. The lowest BCUT2D eigenvalue weighted by Gasteiger charge is -2.32. The van der Waals surface area contributed by atoms with Gasteiger partial charge in [0.1, 0.15) is 11.6 Å². The van der Waals surface area contributed by atoms with Gasteiger partial charge in [-0.2, -0.15) is 0 Å². The Bertz CT molecular complexity index is 918. The summed E-state index contributed by atoms with van der Waals surface area (Å²) in [7, 11) is 0. The number of carboxylic acid groups (broad SMARTS) is 1. The molecule has 0 radical (unpaired) electrons. The number of nitrogens with one attached hydrogen (secondary N) is 2. The van der Waals surface area contributed by atoms with Crippen LogP contribution in [0.1, 0.15) is 48.3 Å². The van der Waals surface area contributed by atoms with E-state index in [1.165, 1.54) is 25.1 Å². The number of aryl methyl sites for hydroxylation is 1. The summed E-state index contributed by atoms with van der Waals surface area (Å²) < 4.78 is 13.4. The van der Waals surface area contributed by atoms with Crippen LogP contribution in [0.4, 0.5) is 26.5 Å². The van der Waals surface area contributed by atoms with Crippen LogP contribution < -0.4 is 16.5 Å². The summed E-state index contributed by atoms with van der Waals surface area (Å²) in [6, 6.07) is 3.85. The monoisotopic (exact) mass is 403 g/mol. The summed E-state index contributed by atoms with van der Waals surface area (Å²) in [6.45, 7) is 1.50. The van der Waals surface area contributed by atoms with Crippen LogP contribution in [0.2, 0.25) is 0 Å². The van der Waals surface area contributed by atoms with Gasteiger partial charge in [0.25, 0.3) is 5.91 Å². The predicted octanol–water partition coefficient (Wildman–Crippen LogP) is 2.80. The zero-order valence-electron chi connectivity index (χ0n) is 15.9. The second-order valence-corrected chi connectivity index (χ2v) is 6.80. The first-order chi connectivity index (χ1) is 13.8. The highest BCUT2D eigenvalue weighted by molar-refractivity contribution is 5.97. The van der Waals surface area contributed by atoms with E-state index in [0.29, 0.717) is 0 Å². The quantitative estimate of drug-likeness (QED) is 0.539. The number of primary amides is 1. The molecule has 1 saturated carbocycles. The van der Waals surface area contributed by atoms with Crippen molar-refractivity contribution >= 4 is 29.3 Å². The smallest absolute Gasteiger partial charge is 0.426 e. The number of hydrazine groups is 1. The van der Waals surface area contributed by atoms with E-state index in [0.717, 1.165) is 37.1 Å². The first kappa shape index (κ1) is 20.2. The number of hydrogen-bond donors (Lipinski definition) is 4. The molecule has 2 aromatic rings. The van der Waals surface area contributed by atoms with Crippen molar-refractivity contribution in [2.75, 3.05) is 10.7 Å². The molecule has 2 heterocycles. The van der Waals surface area contributed by atoms with Crippen molar-refractivity contribution in [1.29, 1.82) is 0 Å². The number of nitrogens with zero attached hydrogens (tertiary/aromatic N) is 4. The third kappa shape index (κ3) is 4.86. The second-order valence-electron chi connectivity index (χ2n) is 6.80. The van der Waals surface area contributed by atoms with Crippen LogP contribution in [-0.2, 0) is 0 Å². The molecule has 29 heavy (non-hydrogen) atoms. The van der Waals surface area contributed by atoms with E-state index in [1.807, 2.05) is 0 Å². The standard InChI is InChI=1S/C18H22FN7O3/c1-10-12(19)7-8-14(21-10)22-13-9-15(23-24-16(13)17(20)27)25-26(18(28)29)11-5-3-2-4-6-11/h7-9,11H,2-6H2,1H3,(H2,20,27)(H,28,29)(H2,21,22,23,25). The summed E-state index contributed by atoms with van der Waals surface area (Å²) >= 11 is 0. The number of amides is 2. The van der Waals surface area contributed by atoms with Gasteiger partial charge >= 0.3 is 6.09 Å². The number of pyridine rings is 1. The number of anilines is 3. The number of aromatic nitrogens is 3. The van der Waals surface area contributed by atoms with Gasteiger partial charge < -0.3 is 16.2 Å². The number of carbonyl (C=O) groups is 2. The molecule has 0 atom stereocenters. The molecular formula is C18H22FN7O3. The van der Waals surface area contributed by atoms with Gasteiger partial charge in [-0.25, -0.2) is 19.2 Å². The summed E-state index contributed by atoms with van der Waals surface area (Å²) in [5.74, 6) is -0.907. The normalized spacial score (nSPS) is 14.3. The fourth-order valence-electron chi connectivity index (χ4n) is 3.23. The Kier molecular flexibility index (Phi) is 6.05. The van der Waals surface area contributed by atoms with Gasteiger partial charge in [0.15, 0.2) is 11.5 Å². The van der Waals surface area contributed by atoms with Crippen LogP contribution in [0.25, 0.3) is 0 Å². The number of carbonyl (C=O) groups excluding carboxylic acids is 1. The minimum atomic E-state index is -1.14. The summed E-state index contributed by atoms with van der Waals surface area (Å²) in [5.41, 5.74) is 8.29. The molecule has 0 spiro atoms. The van der Waals surface area contributed by atoms with Crippen LogP contribution in [-0.4, -0.2) is 43.3 Å². The van der Waals surface area contributed by atoms with E-state index in [4.69, 9.17) is 5.73 Å². The molecule has 5 N–H and O–H groups in total. The van der Waals surface area contributed by atoms with Crippen molar-refractivity contribution < 1.29 is 19.1 Å². The van der Waals surface area contributed by atoms with E-state index in [-0.39, 0.29) is 34.8 Å². The Hall–Kier alpha value is -3.50. The van der Waals surface area contributed by atoms with Crippen LogP contribution in [0, 0.1) is 12.7 Å². The zero-order chi connectivity index (χ0) is 21.0. The van der Waals surface area contributed by atoms with Crippen molar-refractivity contribution in [2.45, 2.75) is 45.1 Å². The fourth-order valence-corrected chi connectivity index (χ4v) is 3.23. The van der Waals surface area contributed by atoms with Crippen molar-refractivity contribution in [2.24, 2.45) is 5.73 Å². The lowest BCUT2D eigenvalue weighted by molar-refractivity contribution is 0.0995. The van der Waals surface area contributed by atoms with Gasteiger partial charge in [0.2, 0.25) is 0 Å². The van der Waals surface area contributed by atoms with E-state index >= 15 is 0 Å². The van der Waals surface area contributed by atoms with Crippen LogP contribution in [0.3, 0.4) is 0 Å². The van der Waals surface area contributed by atoms with Gasteiger partial charge in [0.05, 0.1) is 17.4 Å². The predicted molar refractivity (Wildman–Crippen MR) is 103 cm³/mol. The van der Waals surface area contributed by atoms with Crippen LogP contribution in [0.15, 0.2) is 18.2 Å². The van der Waals surface area contributed by atoms with Gasteiger partial charge in [0, 0.05) is 6.07 Å². The summed E-state index contributed by atoms with van der Waals surface area (Å²) in [6.07, 6.45) is 3.33. The average molecular weight is 403 g/mol. The minimum absolute atomic E-state index is 0.115. The van der Waals surface area contributed by atoms with E-state index in [1.54, 1.807) is 0 Å². The molecule has 1 fully saturated rings. The molecule has 2 aromatic heterocycles. The average Bonchev–Trinajstić information content (AvgIpc) is 2.69. The lowest BCUT2D eigenvalue weighted by Crippen LogP contribution is -2.44. The number of hydrogen-bond acceptors (Lipinski definition) is 7. The Morgan fingerprint density at radius 3 is 2.55 bits per heavy atom. The Morgan fingerprint density at radius 2 is 1.93 bits per heavy atom. The molecule has 11 heteroatoms. The number of halogens is 1. The third-order valence-electron chi connectivity index (χ3n) is 4.69. The Labute approximate surface area is 166 Å². The maximum atomic E-state index is 13.4. The summed E-state index contributed by atoms with van der Waals surface area (Å²) in [4.78, 5) is 27.4. The largest absolute Gasteiger partial charge is 0.464 e. The molecule has 154 valence electrons. The van der Waals surface area contributed by atoms with Crippen molar-refractivity contribution in [3.8, 4) is 0 Å². The van der Waals surface area contributed by atoms with Crippen molar-refractivity contribution in [3.63, 3.8) is 0 Å². The van der Waals surface area contributed by atoms with Crippen LogP contribution >= 0.6 is 0 Å². The highest BCUT2D eigenvalue weighted by Crippen LogP contribution is 2.25. The molecule has 2 amide bonds. The Balaban J connectivity index is 1.87. The van der Waals surface area contributed by atoms with Gasteiger partial charge in [-0.15, -0.1) is 10.2 Å². The van der Waals surface area contributed by atoms with Crippen molar-refractivity contribution in [1.82, 2.24) is 20.2 Å². The molecule has 0 aromatic carbocycles. The first-order valence-corrected chi connectivity index (χ1v) is 9.21. The SMILES string of the molecule is Cc1nc(Nc2cc(NN(C(=O)O)C3CCCCC3)nnc2C(N)=O)ccc1F. The van der Waals surface area contributed by atoms with Crippen molar-refractivity contribution in [3.05, 3.63) is 35.4 Å². The molecule has 1 aliphatic carbocycles. The highest BCUT2D eigenvalue weighted by Gasteiger charge is 2.26. The molecule has 0 bridgehead atoms. The van der Waals surface area contributed by atoms with Crippen LogP contribution in [0.5, 0.6) is 0 Å². The molecule has 10 nitrogen and oxygen atoms in total. The molecule has 0 saturated heterocycles. The minimum Gasteiger partial charge on any atom is -0.464 e. The molecule has 3 rings (SSSR count). The number of rotatable bonds is 6. The molecule has 0 aliphatic heterocycles. The van der Waals surface area contributed by atoms with Gasteiger partial charge in [-0.05, 0) is 31.9 Å². The topological polar surface area (TPSA) is 146 Å². The molecule has 0 unspecified atom stereocenters. The van der Waals surface area contributed by atoms with Gasteiger partial charge in [-0.1, -0.05) is 19.3 Å². The van der Waals surface area contributed by atoms with E-state index < -0.39 is 17.8 Å². The van der Waals surface area contributed by atoms with Gasteiger partial charge in [-0.3, -0.25) is 10.2 Å². The Morgan fingerprint density at radius 1 is 1.21 bits per heavy atom. The first-order valence-electron chi connectivity index (χ1n) is 9.21. The highest BCUT2D eigenvalue weighted by atomic mass is 19.1. The van der Waals surface area contributed by atoms with E-state index in [2.05, 4.69) is 25.9 Å². The maximum Gasteiger partial charge on any atom is 0.426 e. The molecular weight excluding hydrogens is 381 g/mol. The lowest BCUT2D eigenvalue weighted by atomic mass is 9.95. The number of nitrogens with two attached hydrogens (primary N) is 1. The van der Waals surface area contributed by atoms with E-state index in [9.17, 15) is 19.1 Å². The third-order valence-corrected chi connectivity index (χ3v) is 4.69. The molecule has 1 aliphatic rings. The fraction of sp³-hybridized carbons (Fsp3) is 0.389.